The van der Waals surface area contributed by atoms with Gasteiger partial charge in [-0.1, -0.05) is 0 Å². The number of ether oxygens (including phenoxy) is 2. The van der Waals surface area contributed by atoms with Crippen LogP contribution in [0.15, 0.2) is 36.4 Å². The molecule has 30 heavy (non-hydrogen) atoms. The summed E-state index contributed by atoms with van der Waals surface area (Å²) in [6.07, 6.45) is 0. The maximum atomic E-state index is 13.4. The van der Waals surface area contributed by atoms with Gasteiger partial charge in [0.15, 0.2) is 23.1 Å². The average Bonchev–Trinajstić information content (AvgIpc) is 2.78. The van der Waals surface area contributed by atoms with Crippen LogP contribution in [0, 0.1) is 11.6 Å². The molecule has 1 aliphatic heterocycles. The number of piperazine rings is 1. The number of benzene rings is 2. The molecule has 7 nitrogen and oxygen atoms in total. The van der Waals surface area contributed by atoms with E-state index in [1.165, 1.54) is 18.1 Å². The lowest BCUT2D eigenvalue weighted by Crippen LogP contribution is -2.50. The highest BCUT2D eigenvalue weighted by atomic mass is 19.2. The Labute approximate surface area is 172 Å². The second-order valence-corrected chi connectivity index (χ2v) is 6.65. The number of carbonyl (C=O) groups excluding carboxylic acids is 2. The molecule has 0 saturated carbocycles. The van der Waals surface area contributed by atoms with Crippen LogP contribution in [-0.4, -0.2) is 73.2 Å². The summed E-state index contributed by atoms with van der Waals surface area (Å²) in [4.78, 5) is 28.5. The number of hydrogen-bond acceptors (Lipinski definition) is 5. The number of rotatable bonds is 6. The SMILES string of the molecule is COc1ccc(C(=O)N2CCN(C(=O)c3ccc(F)c(F)c3)CC2)cc1OCCO. The summed E-state index contributed by atoms with van der Waals surface area (Å²) >= 11 is 0. The summed E-state index contributed by atoms with van der Waals surface area (Å²) in [6.45, 7) is 1.04. The van der Waals surface area contributed by atoms with Crippen molar-refractivity contribution in [2.24, 2.45) is 0 Å². The van der Waals surface area contributed by atoms with Crippen molar-refractivity contribution in [2.45, 2.75) is 0 Å². The molecule has 1 fully saturated rings. The molecule has 0 spiro atoms. The highest BCUT2D eigenvalue weighted by molar-refractivity contribution is 5.96. The maximum Gasteiger partial charge on any atom is 0.254 e. The molecular formula is C21H22F2N2O5. The molecule has 0 bridgehead atoms. The molecule has 1 N–H and O–H groups in total. The van der Waals surface area contributed by atoms with Crippen molar-refractivity contribution in [2.75, 3.05) is 46.5 Å². The van der Waals surface area contributed by atoms with Crippen LogP contribution in [0.1, 0.15) is 20.7 Å². The molecule has 3 rings (SSSR count). The highest BCUT2D eigenvalue weighted by Gasteiger charge is 2.26. The van der Waals surface area contributed by atoms with Crippen LogP contribution in [-0.2, 0) is 0 Å². The van der Waals surface area contributed by atoms with Gasteiger partial charge in [-0.25, -0.2) is 8.78 Å². The fourth-order valence-electron chi connectivity index (χ4n) is 3.19. The van der Waals surface area contributed by atoms with Gasteiger partial charge in [-0.05, 0) is 36.4 Å². The number of hydrogen-bond donors (Lipinski definition) is 1. The molecule has 1 heterocycles. The summed E-state index contributed by atoms with van der Waals surface area (Å²) in [6, 6.07) is 7.82. The monoisotopic (exact) mass is 420 g/mol. The molecule has 0 aromatic heterocycles. The van der Waals surface area contributed by atoms with E-state index >= 15 is 0 Å². The number of nitrogens with zero attached hydrogens (tertiary/aromatic N) is 2. The zero-order valence-electron chi connectivity index (χ0n) is 16.4. The third-order valence-corrected chi connectivity index (χ3v) is 4.78. The molecule has 2 amide bonds. The number of halogens is 2. The Morgan fingerprint density at radius 2 is 1.47 bits per heavy atom. The standard InChI is InChI=1S/C21H22F2N2O5/c1-29-18-5-3-15(13-19(18)30-11-10-26)21(28)25-8-6-24(7-9-25)20(27)14-2-4-16(22)17(23)12-14/h2-5,12-13,26H,6-11H2,1H3. The van der Waals surface area contributed by atoms with Crippen molar-refractivity contribution >= 4 is 11.8 Å². The number of methoxy groups -OCH3 is 1. The van der Waals surface area contributed by atoms with Crippen molar-refractivity contribution < 1.29 is 33.0 Å². The first-order valence-electron chi connectivity index (χ1n) is 9.40. The van der Waals surface area contributed by atoms with Crippen molar-refractivity contribution in [3.05, 3.63) is 59.2 Å². The minimum atomic E-state index is -1.08. The van der Waals surface area contributed by atoms with E-state index in [0.29, 0.717) is 30.2 Å². The Hall–Kier alpha value is -3.20. The van der Waals surface area contributed by atoms with Crippen LogP contribution in [0.5, 0.6) is 11.5 Å². The Bertz CT molecular complexity index is 930. The van der Waals surface area contributed by atoms with Gasteiger partial charge in [-0.2, -0.15) is 0 Å². The van der Waals surface area contributed by atoms with E-state index in [0.717, 1.165) is 12.1 Å². The molecular weight excluding hydrogens is 398 g/mol. The first kappa shape index (κ1) is 21.5. The van der Waals surface area contributed by atoms with Crippen molar-refractivity contribution in [3.8, 4) is 11.5 Å². The zero-order chi connectivity index (χ0) is 21.7. The molecule has 0 atom stereocenters. The topological polar surface area (TPSA) is 79.3 Å². The van der Waals surface area contributed by atoms with Crippen LogP contribution >= 0.6 is 0 Å². The largest absolute Gasteiger partial charge is 0.493 e. The number of amides is 2. The van der Waals surface area contributed by atoms with Crippen LogP contribution in [0.2, 0.25) is 0 Å². The molecule has 0 aliphatic carbocycles. The summed E-state index contributed by atoms with van der Waals surface area (Å²) in [7, 11) is 1.48. The van der Waals surface area contributed by atoms with E-state index in [2.05, 4.69) is 0 Å². The van der Waals surface area contributed by atoms with Gasteiger partial charge in [0.05, 0.1) is 13.7 Å². The first-order chi connectivity index (χ1) is 14.4. The van der Waals surface area contributed by atoms with Crippen molar-refractivity contribution in [1.29, 1.82) is 0 Å². The minimum Gasteiger partial charge on any atom is -0.493 e. The Kier molecular flexibility index (Phi) is 6.83. The average molecular weight is 420 g/mol. The Balaban J connectivity index is 1.65. The molecule has 160 valence electrons. The smallest absolute Gasteiger partial charge is 0.254 e. The first-order valence-corrected chi connectivity index (χ1v) is 9.40. The summed E-state index contributed by atoms with van der Waals surface area (Å²) in [5.74, 6) is -1.93. The van der Waals surface area contributed by atoms with Crippen LogP contribution in [0.4, 0.5) is 8.78 Å². The molecule has 0 radical (unpaired) electrons. The molecule has 1 saturated heterocycles. The highest BCUT2D eigenvalue weighted by Crippen LogP contribution is 2.28. The summed E-state index contributed by atoms with van der Waals surface area (Å²) in [5, 5.41) is 8.94. The van der Waals surface area contributed by atoms with E-state index in [1.54, 1.807) is 23.1 Å². The summed E-state index contributed by atoms with van der Waals surface area (Å²) < 4.78 is 37.1. The molecule has 2 aromatic rings. The van der Waals surface area contributed by atoms with Gasteiger partial charge in [0, 0.05) is 37.3 Å². The van der Waals surface area contributed by atoms with Gasteiger partial charge < -0.3 is 24.4 Å². The molecule has 0 unspecified atom stereocenters. The predicted molar refractivity (Wildman–Crippen MR) is 104 cm³/mol. The minimum absolute atomic E-state index is 0.0644. The van der Waals surface area contributed by atoms with E-state index in [4.69, 9.17) is 14.6 Å². The number of aliphatic hydroxyl groups excluding tert-OH is 1. The number of aliphatic hydroxyl groups is 1. The molecule has 1 aliphatic rings. The van der Waals surface area contributed by atoms with Gasteiger partial charge in [0.1, 0.15) is 6.61 Å². The van der Waals surface area contributed by atoms with E-state index in [9.17, 15) is 18.4 Å². The summed E-state index contributed by atoms with van der Waals surface area (Å²) in [5.41, 5.74) is 0.457. The predicted octanol–water partition coefficient (Wildman–Crippen LogP) is 1.94. The van der Waals surface area contributed by atoms with Crippen molar-refractivity contribution in [1.82, 2.24) is 9.80 Å². The Morgan fingerprint density at radius 1 is 0.900 bits per heavy atom. The van der Waals surface area contributed by atoms with Gasteiger partial charge in [0.25, 0.3) is 11.8 Å². The van der Waals surface area contributed by atoms with Gasteiger partial charge in [0.2, 0.25) is 0 Å². The third-order valence-electron chi connectivity index (χ3n) is 4.78. The van der Waals surface area contributed by atoms with Gasteiger partial charge in [-0.3, -0.25) is 9.59 Å². The second-order valence-electron chi connectivity index (χ2n) is 6.65. The second kappa shape index (κ2) is 9.53. The molecule has 9 heteroatoms. The van der Waals surface area contributed by atoms with Gasteiger partial charge >= 0.3 is 0 Å². The van der Waals surface area contributed by atoms with Crippen LogP contribution in [0.3, 0.4) is 0 Å². The lowest BCUT2D eigenvalue weighted by Gasteiger charge is -2.35. The lowest BCUT2D eigenvalue weighted by atomic mass is 10.1. The van der Waals surface area contributed by atoms with Crippen LogP contribution < -0.4 is 9.47 Å². The quantitative estimate of drug-likeness (QED) is 0.773. The fourth-order valence-corrected chi connectivity index (χ4v) is 3.19. The fraction of sp³-hybridized carbons (Fsp3) is 0.333. The Morgan fingerprint density at radius 3 is 2.00 bits per heavy atom. The zero-order valence-corrected chi connectivity index (χ0v) is 16.4. The van der Waals surface area contributed by atoms with E-state index < -0.39 is 17.5 Å². The van der Waals surface area contributed by atoms with E-state index in [-0.39, 0.29) is 37.8 Å². The normalized spacial score (nSPS) is 13.9. The number of carbonyl (C=O) groups is 2. The lowest BCUT2D eigenvalue weighted by molar-refractivity contribution is 0.0535. The van der Waals surface area contributed by atoms with Crippen LogP contribution in [0.25, 0.3) is 0 Å². The third kappa shape index (κ3) is 4.68. The van der Waals surface area contributed by atoms with E-state index in [1.807, 2.05) is 0 Å². The molecule has 2 aromatic carbocycles. The van der Waals surface area contributed by atoms with Crippen molar-refractivity contribution in [3.63, 3.8) is 0 Å². The van der Waals surface area contributed by atoms with Gasteiger partial charge in [-0.15, -0.1) is 0 Å². The maximum absolute atomic E-state index is 13.4.